The number of imidazole rings is 1. The van der Waals surface area contributed by atoms with Crippen molar-refractivity contribution in [3.8, 4) is 22.5 Å². The predicted octanol–water partition coefficient (Wildman–Crippen LogP) is 4.04. The normalized spacial score (nSPS) is 11.5. The summed E-state index contributed by atoms with van der Waals surface area (Å²) < 4.78 is 10.2. The maximum Gasteiger partial charge on any atom is 0.332 e. The topological polar surface area (TPSA) is 126 Å². The summed E-state index contributed by atoms with van der Waals surface area (Å²) in [5.41, 5.74) is 4.25. The molecule has 0 spiro atoms. The van der Waals surface area contributed by atoms with Gasteiger partial charge in [-0.2, -0.15) is 0 Å². The van der Waals surface area contributed by atoms with E-state index in [0.29, 0.717) is 49.7 Å². The number of nitrogens with one attached hydrogen (secondary N) is 1. The Morgan fingerprint density at radius 1 is 0.878 bits per heavy atom. The SMILES string of the molecule is CCCCCc1nc2c(c(=O)n(CCC)c(=O)n2CCOC)n1Cc1ccc(-c2ccccc2-c2nnn[nH]2)cc1. The van der Waals surface area contributed by atoms with Crippen LogP contribution in [0.1, 0.15) is 50.9 Å². The van der Waals surface area contributed by atoms with E-state index in [4.69, 9.17) is 9.72 Å². The Bertz CT molecular complexity index is 1720. The number of hydrogen-bond acceptors (Lipinski definition) is 7. The van der Waals surface area contributed by atoms with Crippen LogP contribution in [0.4, 0.5) is 0 Å². The molecule has 11 heteroatoms. The summed E-state index contributed by atoms with van der Waals surface area (Å²) in [6.07, 6.45) is 4.50. The molecule has 0 aliphatic heterocycles. The van der Waals surface area contributed by atoms with Gasteiger partial charge in [0, 0.05) is 32.2 Å². The van der Waals surface area contributed by atoms with Crippen LogP contribution >= 0.6 is 0 Å². The van der Waals surface area contributed by atoms with Crippen LogP contribution in [-0.4, -0.2) is 53.0 Å². The molecule has 0 bridgehead atoms. The van der Waals surface area contributed by atoms with E-state index in [1.54, 1.807) is 11.7 Å². The number of nitrogens with zero attached hydrogens (tertiary/aromatic N) is 7. The van der Waals surface area contributed by atoms with Crippen molar-refractivity contribution in [2.45, 2.75) is 65.6 Å². The first-order valence-electron chi connectivity index (χ1n) is 14.2. The van der Waals surface area contributed by atoms with Crippen LogP contribution in [-0.2, 0) is 30.8 Å². The Balaban J connectivity index is 1.58. The standard InChI is InChI=1S/C30H36N8O3/c1-4-6-7-12-25-31-28-26(29(39)37(17-5-2)30(40)36(28)18-19-41-3)38(25)20-21-13-15-22(16-14-21)23-10-8-9-11-24(23)27-32-34-35-33-27/h8-11,13-16H,4-7,12,17-20H2,1-3H3,(H,32,33,34,35). The van der Waals surface area contributed by atoms with Gasteiger partial charge >= 0.3 is 5.69 Å². The minimum Gasteiger partial charge on any atom is -0.383 e. The lowest BCUT2D eigenvalue weighted by molar-refractivity contribution is 0.186. The molecule has 214 valence electrons. The molecule has 11 nitrogen and oxygen atoms in total. The molecule has 3 heterocycles. The van der Waals surface area contributed by atoms with E-state index in [0.717, 1.165) is 53.8 Å². The number of methoxy groups -OCH3 is 1. The number of H-pyrrole nitrogens is 1. The Hall–Kier alpha value is -4.38. The Kier molecular flexibility index (Phi) is 8.83. The summed E-state index contributed by atoms with van der Waals surface area (Å²) in [6, 6.07) is 16.2. The maximum atomic E-state index is 13.7. The maximum absolute atomic E-state index is 13.7. The predicted molar refractivity (Wildman–Crippen MR) is 158 cm³/mol. The van der Waals surface area contributed by atoms with Crippen molar-refractivity contribution < 1.29 is 4.74 Å². The molecule has 2 aromatic carbocycles. The fourth-order valence-electron chi connectivity index (χ4n) is 5.22. The third-order valence-corrected chi connectivity index (χ3v) is 7.30. The van der Waals surface area contributed by atoms with E-state index in [2.05, 4.69) is 51.8 Å². The van der Waals surface area contributed by atoms with Gasteiger partial charge in [0.1, 0.15) is 5.82 Å². The number of tetrazole rings is 1. The molecule has 5 rings (SSSR count). The van der Waals surface area contributed by atoms with Crippen LogP contribution in [0.2, 0.25) is 0 Å². The summed E-state index contributed by atoms with van der Waals surface area (Å²) in [6.45, 7) is 5.62. The third-order valence-electron chi connectivity index (χ3n) is 7.30. The van der Waals surface area contributed by atoms with E-state index < -0.39 is 0 Å². The number of hydrogen-bond donors (Lipinski definition) is 1. The average molecular weight is 557 g/mol. The number of benzene rings is 2. The summed E-state index contributed by atoms with van der Waals surface area (Å²) in [4.78, 5) is 32.0. The summed E-state index contributed by atoms with van der Waals surface area (Å²) >= 11 is 0. The van der Waals surface area contributed by atoms with Crippen molar-refractivity contribution >= 4 is 11.2 Å². The highest BCUT2D eigenvalue weighted by Crippen LogP contribution is 2.30. The number of rotatable bonds is 13. The molecule has 0 amide bonds. The molecule has 0 unspecified atom stereocenters. The number of ether oxygens (including phenoxy) is 1. The van der Waals surface area contributed by atoms with Crippen LogP contribution in [0, 0.1) is 0 Å². The third kappa shape index (κ3) is 5.76. The second-order valence-corrected chi connectivity index (χ2v) is 10.1. The second-order valence-electron chi connectivity index (χ2n) is 10.1. The lowest BCUT2D eigenvalue weighted by atomic mass is 9.98. The number of unbranched alkanes of at least 4 members (excludes halogenated alkanes) is 2. The molecule has 0 radical (unpaired) electrons. The van der Waals surface area contributed by atoms with E-state index in [1.165, 1.54) is 4.57 Å². The molecule has 0 saturated heterocycles. The lowest BCUT2D eigenvalue weighted by Gasteiger charge is -2.13. The largest absolute Gasteiger partial charge is 0.383 e. The summed E-state index contributed by atoms with van der Waals surface area (Å²) in [5, 5.41) is 14.4. The fraction of sp³-hybridized carbons (Fsp3) is 0.400. The average Bonchev–Trinajstić information content (AvgIpc) is 3.65. The van der Waals surface area contributed by atoms with Gasteiger partial charge in [0.15, 0.2) is 17.0 Å². The number of aromatic nitrogens is 8. The van der Waals surface area contributed by atoms with Gasteiger partial charge in [0.2, 0.25) is 0 Å². The zero-order valence-corrected chi connectivity index (χ0v) is 23.8. The van der Waals surface area contributed by atoms with Gasteiger partial charge in [0.05, 0.1) is 13.2 Å². The van der Waals surface area contributed by atoms with Gasteiger partial charge in [-0.1, -0.05) is 75.2 Å². The zero-order chi connectivity index (χ0) is 28.8. The first-order valence-corrected chi connectivity index (χ1v) is 14.2. The molecule has 1 N–H and O–H groups in total. The van der Waals surface area contributed by atoms with Crippen LogP contribution < -0.4 is 11.2 Å². The zero-order valence-electron chi connectivity index (χ0n) is 23.8. The fourth-order valence-corrected chi connectivity index (χ4v) is 5.22. The molecule has 3 aromatic heterocycles. The van der Waals surface area contributed by atoms with Crippen molar-refractivity contribution in [2.24, 2.45) is 0 Å². The van der Waals surface area contributed by atoms with Gasteiger partial charge in [-0.3, -0.25) is 13.9 Å². The van der Waals surface area contributed by atoms with Crippen molar-refractivity contribution in [3.63, 3.8) is 0 Å². The first kappa shape index (κ1) is 28.2. The monoisotopic (exact) mass is 556 g/mol. The van der Waals surface area contributed by atoms with Crippen molar-refractivity contribution in [1.82, 2.24) is 39.3 Å². The minimum atomic E-state index is -0.337. The Labute approximate surface area is 237 Å². The van der Waals surface area contributed by atoms with E-state index in [9.17, 15) is 9.59 Å². The summed E-state index contributed by atoms with van der Waals surface area (Å²) in [5.74, 6) is 1.42. The Morgan fingerprint density at radius 3 is 2.34 bits per heavy atom. The van der Waals surface area contributed by atoms with E-state index >= 15 is 0 Å². The number of aromatic amines is 1. The molecular weight excluding hydrogens is 520 g/mol. The van der Waals surface area contributed by atoms with Crippen molar-refractivity contribution in [3.05, 3.63) is 80.8 Å². The highest BCUT2D eigenvalue weighted by atomic mass is 16.5. The van der Waals surface area contributed by atoms with Gasteiger partial charge in [-0.15, -0.1) is 5.10 Å². The molecular formula is C30H36N8O3. The minimum absolute atomic E-state index is 0.291. The van der Waals surface area contributed by atoms with Crippen molar-refractivity contribution in [2.75, 3.05) is 13.7 Å². The Morgan fingerprint density at radius 2 is 1.66 bits per heavy atom. The van der Waals surface area contributed by atoms with Crippen LogP contribution in [0.25, 0.3) is 33.7 Å². The number of fused-ring (bicyclic) bond motifs is 1. The van der Waals surface area contributed by atoms with E-state index in [1.807, 2.05) is 35.8 Å². The summed E-state index contributed by atoms with van der Waals surface area (Å²) in [7, 11) is 1.60. The first-order chi connectivity index (χ1) is 20.1. The second kappa shape index (κ2) is 12.9. The van der Waals surface area contributed by atoms with Gasteiger partial charge in [-0.25, -0.2) is 14.9 Å². The molecule has 0 aliphatic carbocycles. The van der Waals surface area contributed by atoms with Crippen LogP contribution in [0.15, 0.2) is 58.1 Å². The van der Waals surface area contributed by atoms with E-state index in [-0.39, 0.29) is 11.2 Å². The van der Waals surface area contributed by atoms with Crippen molar-refractivity contribution in [1.29, 1.82) is 0 Å². The van der Waals surface area contributed by atoms with Gasteiger partial charge in [0.25, 0.3) is 5.56 Å². The van der Waals surface area contributed by atoms with Crippen LogP contribution in [0.5, 0.6) is 0 Å². The molecule has 41 heavy (non-hydrogen) atoms. The highest BCUT2D eigenvalue weighted by Gasteiger charge is 2.21. The molecule has 0 atom stereocenters. The molecule has 0 saturated carbocycles. The van der Waals surface area contributed by atoms with Gasteiger partial charge in [-0.05, 0) is 40.0 Å². The highest BCUT2D eigenvalue weighted by molar-refractivity contribution is 5.80. The quantitative estimate of drug-likeness (QED) is 0.217. The number of aryl methyl sites for hydroxylation is 1. The molecule has 5 aromatic rings. The van der Waals surface area contributed by atoms with Gasteiger partial charge < -0.3 is 9.30 Å². The lowest BCUT2D eigenvalue weighted by Crippen LogP contribution is -2.41. The molecule has 0 fully saturated rings. The van der Waals surface area contributed by atoms with Crippen LogP contribution in [0.3, 0.4) is 0 Å². The molecule has 0 aliphatic rings. The smallest absolute Gasteiger partial charge is 0.332 e.